The Hall–Kier alpha value is -0.120. The number of piperidine rings is 1. The molecule has 3 heteroatoms. The van der Waals surface area contributed by atoms with Gasteiger partial charge >= 0.3 is 0 Å². The highest BCUT2D eigenvalue weighted by Gasteiger charge is 2.46. The van der Waals surface area contributed by atoms with Crippen molar-refractivity contribution in [2.24, 2.45) is 5.41 Å². The number of hydrogen-bond acceptors (Lipinski definition) is 2. The van der Waals surface area contributed by atoms with Crippen LogP contribution in [0.4, 0.5) is 0 Å². The molecule has 0 saturated carbocycles. The van der Waals surface area contributed by atoms with Crippen molar-refractivity contribution in [2.45, 2.75) is 78.5 Å². The zero-order valence-corrected chi connectivity index (χ0v) is 12.5. The van der Waals surface area contributed by atoms with Crippen molar-refractivity contribution in [3.8, 4) is 0 Å². The van der Waals surface area contributed by atoms with Gasteiger partial charge in [0, 0.05) is 11.1 Å². The van der Waals surface area contributed by atoms with Crippen LogP contribution in [0.1, 0.15) is 61.3 Å². The molecule has 1 aliphatic rings. The quantitative estimate of drug-likeness (QED) is 0.743. The molecule has 0 aliphatic carbocycles. The average Bonchev–Trinajstić information content (AvgIpc) is 2.09. The number of nitrogens with zero attached hydrogens (tertiary/aromatic N) is 1. The lowest BCUT2D eigenvalue weighted by atomic mass is 9.80. The first-order valence-corrected chi connectivity index (χ1v) is 6.53. The molecule has 0 unspecified atom stereocenters. The molecule has 0 atom stereocenters. The molecule has 1 aliphatic heterocycles. The minimum atomic E-state index is -0.329. The average molecular weight is 242 g/mol. The van der Waals surface area contributed by atoms with E-state index in [1.165, 1.54) is 5.06 Å². The van der Waals surface area contributed by atoms with Crippen LogP contribution in [-0.2, 0) is 9.94 Å². The Bertz CT molecular complexity index is 248. The van der Waals surface area contributed by atoms with E-state index in [-0.39, 0.29) is 22.6 Å². The van der Waals surface area contributed by atoms with Gasteiger partial charge in [-0.1, -0.05) is 20.8 Å². The maximum absolute atomic E-state index is 12.2. The minimum Gasteiger partial charge on any atom is -0.378 e. The lowest BCUT2D eigenvalue weighted by Crippen LogP contribution is -2.60. The van der Waals surface area contributed by atoms with Crippen LogP contribution >= 0.6 is 0 Å². The first kappa shape index (κ1) is 14.9. The third-order valence-electron chi connectivity index (χ3n) is 3.31. The lowest BCUT2D eigenvalue weighted by Gasteiger charge is -2.49. The smallest absolute Gasteiger partial charge is 0.0612 e. The summed E-state index contributed by atoms with van der Waals surface area (Å²) >= 11 is 0. The van der Waals surface area contributed by atoms with Crippen LogP contribution in [0.3, 0.4) is 0 Å². The van der Waals surface area contributed by atoms with E-state index in [2.05, 4.69) is 20.8 Å². The fraction of sp³-hybridized carbons (Fsp3) is 1.00. The predicted molar refractivity (Wildman–Crippen MR) is 69.1 cm³/mol. The van der Waals surface area contributed by atoms with Gasteiger partial charge in [-0.15, -0.1) is 10.3 Å². The molecule has 0 bridgehead atoms. The van der Waals surface area contributed by atoms with Crippen molar-refractivity contribution in [3.63, 3.8) is 0 Å². The molecule has 0 aromatic carbocycles. The van der Waals surface area contributed by atoms with Crippen LogP contribution in [0.5, 0.6) is 0 Å². The summed E-state index contributed by atoms with van der Waals surface area (Å²) in [5, 5.41) is 13.4. The molecule has 1 radical (unpaired) electrons. The zero-order chi connectivity index (χ0) is 13.5. The van der Waals surface area contributed by atoms with Gasteiger partial charge < -0.3 is 4.74 Å². The van der Waals surface area contributed by atoms with Crippen LogP contribution in [0.15, 0.2) is 0 Å². The number of hydroxylamine groups is 2. The Morgan fingerprint density at radius 3 is 1.88 bits per heavy atom. The Labute approximate surface area is 106 Å². The molecule has 1 fully saturated rings. The molecule has 0 amide bonds. The van der Waals surface area contributed by atoms with E-state index in [1.54, 1.807) is 0 Å². The molecule has 101 valence electrons. The number of hydrogen-bond donors (Lipinski definition) is 0. The van der Waals surface area contributed by atoms with Crippen LogP contribution in [0.2, 0.25) is 0 Å². The minimum absolute atomic E-state index is 0.183. The van der Waals surface area contributed by atoms with E-state index in [9.17, 15) is 5.21 Å². The molecule has 0 N–H and O–H groups in total. The Kier molecular flexibility index (Phi) is 3.98. The third kappa shape index (κ3) is 3.94. The molecule has 0 aromatic heterocycles. The second-order valence-corrected chi connectivity index (χ2v) is 7.82. The van der Waals surface area contributed by atoms with Crippen LogP contribution in [0, 0.1) is 5.41 Å². The summed E-state index contributed by atoms with van der Waals surface area (Å²) in [6, 6.07) is 0. The van der Waals surface area contributed by atoms with Gasteiger partial charge in [0.15, 0.2) is 0 Å². The van der Waals surface area contributed by atoms with Gasteiger partial charge in [0.2, 0.25) is 0 Å². The van der Waals surface area contributed by atoms with Crippen LogP contribution in [0.25, 0.3) is 0 Å². The number of ether oxygens (including phenoxy) is 1. The van der Waals surface area contributed by atoms with Crippen molar-refractivity contribution in [1.29, 1.82) is 0 Å². The van der Waals surface area contributed by atoms with Gasteiger partial charge in [-0.3, -0.25) is 0 Å². The van der Waals surface area contributed by atoms with Crippen molar-refractivity contribution >= 4 is 0 Å². The molecule has 0 spiro atoms. The topological polar surface area (TPSA) is 32.4 Å². The van der Waals surface area contributed by atoms with E-state index in [4.69, 9.17) is 4.74 Å². The Balaban J connectivity index is 2.66. The molecule has 1 saturated heterocycles. The second kappa shape index (κ2) is 4.52. The standard InChI is InChI=1S/C14H28NO2/c1-12(2,3)10-17-11-8-13(4,5)15(16)14(6,7)9-11/h11H,8-10H2,1-7H3. The monoisotopic (exact) mass is 242 g/mol. The van der Waals surface area contributed by atoms with Gasteiger partial charge in [0.25, 0.3) is 0 Å². The fourth-order valence-corrected chi connectivity index (χ4v) is 2.66. The first-order valence-electron chi connectivity index (χ1n) is 6.53. The summed E-state index contributed by atoms with van der Waals surface area (Å²) in [4.78, 5) is 0. The van der Waals surface area contributed by atoms with Gasteiger partial charge in [-0.25, -0.2) is 0 Å². The fourth-order valence-electron chi connectivity index (χ4n) is 2.66. The zero-order valence-electron chi connectivity index (χ0n) is 12.5. The van der Waals surface area contributed by atoms with E-state index >= 15 is 0 Å². The second-order valence-electron chi connectivity index (χ2n) is 7.82. The highest BCUT2D eigenvalue weighted by Crippen LogP contribution is 2.38. The van der Waals surface area contributed by atoms with Crippen LogP contribution in [-0.4, -0.2) is 28.9 Å². The molecule has 1 rings (SSSR count). The lowest BCUT2D eigenvalue weighted by molar-refractivity contribution is -0.302. The van der Waals surface area contributed by atoms with E-state index in [0.29, 0.717) is 0 Å². The molecular weight excluding hydrogens is 214 g/mol. The highest BCUT2D eigenvalue weighted by molar-refractivity contribution is 4.96. The van der Waals surface area contributed by atoms with Crippen molar-refractivity contribution in [2.75, 3.05) is 6.61 Å². The van der Waals surface area contributed by atoms with Crippen molar-refractivity contribution < 1.29 is 9.94 Å². The summed E-state index contributed by atoms with van der Waals surface area (Å²) in [6.45, 7) is 15.3. The van der Waals surface area contributed by atoms with Gasteiger partial charge in [-0.05, 0) is 46.0 Å². The molecule has 3 nitrogen and oxygen atoms in total. The summed E-state index contributed by atoms with van der Waals surface area (Å²) in [6.07, 6.45) is 1.83. The largest absolute Gasteiger partial charge is 0.378 e. The van der Waals surface area contributed by atoms with E-state index in [0.717, 1.165) is 19.4 Å². The number of rotatable bonds is 2. The maximum Gasteiger partial charge on any atom is 0.0612 e. The maximum atomic E-state index is 12.2. The molecular formula is C14H28NO2. The summed E-state index contributed by atoms with van der Waals surface area (Å²) in [7, 11) is 0. The summed E-state index contributed by atoms with van der Waals surface area (Å²) < 4.78 is 6.00. The van der Waals surface area contributed by atoms with Gasteiger partial charge in [-0.2, -0.15) is 0 Å². The van der Waals surface area contributed by atoms with E-state index in [1.807, 2.05) is 27.7 Å². The van der Waals surface area contributed by atoms with Crippen LogP contribution < -0.4 is 0 Å². The highest BCUT2D eigenvalue weighted by atomic mass is 16.5. The summed E-state index contributed by atoms with van der Waals surface area (Å²) in [5.41, 5.74) is -0.475. The van der Waals surface area contributed by atoms with E-state index < -0.39 is 0 Å². The summed E-state index contributed by atoms with van der Waals surface area (Å²) in [5.74, 6) is 0. The first-order chi connectivity index (χ1) is 7.44. The molecule has 1 heterocycles. The van der Waals surface area contributed by atoms with Gasteiger partial charge in [0.1, 0.15) is 0 Å². The Morgan fingerprint density at radius 2 is 1.53 bits per heavy atom. The third-order valence-corrected chi connectivity index (χ3v) is 3.31. The molecule has 17 heavy (non-hydrogen) atoms. The van der Waals surface area contributed by atoms with Crippen molar-refractivity contribution in [1.82, 2.24) is 5.06 Å². The molecule has 0 aromatic rings. The van der Waals surface area contributed by atoms with Crippen molar-refractivity contribution in [3.05, 3.63) is 0 Å². The normalized spacial score (nSPS) is 26.1. The SMILES string of the molecule is CC(C)(C)COC1CC(C)(C)N([O])C(C)(C)C1. The Morgan fingerprint density at radius 1 is 1.12 bits per heavy atom. The predicted octanol–water partition coefficient (Wildman–Crippen LogP) is 3.42. The van der Waals surface area contributed by atoms with Gasteiger partial charge in [0.05, 0.1) is 12.7 Å².